The van der Waals surface area contributed by atoms with E-state index in [4.69, 9.17) is 4.74 Å². The molecular formula is C13H19NO2. The maximum absolute atomic E-state index is 11.5. The summed E-state index contributed by atoms with van der Waals surface area (Å²) in [5, 5.41) is 3.22. The van der Waals surface area contributed by atoms with Crippen LogP contribution in [0.5, 0.6) is 0 Å². The molecule has 1 atom stereocenters. The van der Waals surface area contributed by atoms with Gasteiger partial charge in [-0.05, 0) is 24.5 Å². The largest absolute Gasteiger partial charge is 0.467 e. The molecule has 3 nitrogen and oxygen atoms in total. The molecule has 0 aliphatic carbocycles. The van der Waals surface area contributed by atoms with Crippen LogP contribution in [0.1, 0.15) is 25.8 Å². The van der Waals surface area contributed by atoms with E-state index in [0.29, 0.717) is 6.42 Å². The Hall–Kier alpha value is -1.51. The van der Waals surface area contributed by atoms with Crippen molar-refractivity contribution in [3.63, 3.8) is 0 Å². The zero-order valence-corrected chi connectivity index (χ0v) is 10.1. The SMILES string of the molecule is CCc1ccccc1NC(CC)C(=O)OC. The highest BCUT2D eigenvalue weighted by Gasteiger charge is 2.17. The Kier molecular flexibility index (Phi) is 4.83. The van der Waals surface area contributed by atoms with Crippen molar-refractivity contribution >= 4 is 11.7 Å². The molecule has 0 saturated carbocycles. The summed E-state index contributed by atoms with van der Waals surface area (Å²) in [4.78, 5) is 11.5. The fourth-order valence-electron chi connectivity index (χ4n) is 1.63. The lowest BCUT2D eigenvalue weighted by molar-refractivity contribution is -0.141. The zero-order chi connectivity index (χ0) is 12.0. The molecule has 88 valence electrons. The maximum Gasteiger partial charge on any atom is 0.328 e. The number of methoxy groups -OCH3 is 1. The Morgan fingerprint density at radius 1 is 1.38 bits per heavy atom. The molecule has 0 heterocycles. The lowest BCUT2D eigenvalue weighted by Gasteiger charge is -2.17. The average molecular weight is 221 g/mol. The quantitative estimate of drug-likeness (QED) is 0.777. The fourth-order valence-corrected chi connectivity index (χ4v) is 1.63. The molecule has 1 N–H and O–H groups in total. The molecule has 0 bridgehead atoms. The predicted molar refractivity (Wildman–Crippen MR) is 65.5 cm³/mol. The average Bonchev–Trinajstić information content (AvgIpc) is 2.35. The molecule has 0 aromatic heterocycles. The predicted octanol–water partition coefficient (Wildman–Crippen LogP) is 2.61. The third-order valence-electron chi connectivity index (χ3n) is 2.62. The summed E-state index contributed by atoms with van der Waals surface area (Å²) in [5.74, 6) is -0.214. The standard InChI is InChI=1S/C13H19NO2/c1-4-10-8-6-7-9-12(10)14-11(5-2)13(15)16-3/h6-9,11,14H,4-5H2,1-3H3. The Balaban J connectivity index is 2.81. The molecule has 3 heteroatoms. The molecule has 0 aliphatic rings. The topological polar surface area (TPSA) is 38.3 Å². The van der Waals surface area contributed by atoms with Gasteiger partial charge in [-0.1, -0.05) is 32.0 Å². The van der Waals surface area contributed by atoms with E-state index >= 15 is 0 Å². The summed E-state index contributed by atoms with van der Waals surface area (Å²) < 4.78 is 4.75. The highest BCUT2D eigenvalue weighted by Crippen LogP contribution is 2.17. The number of para-hydroxylation sites is 1. The van der Waals surface area contributed by atoms with E-state index in [2.05, 4.69) is 18.3 Å². The minimum atomic E-state index is -0.266. The highest BCUT2D eigenvalue weighted by molar-refractivity contribution is 5.79. The van der Waals surface area contributed by atoms with Gasteiger partial charge in [-0.2, -0.15) is 0 Å². The van der Waals surface area contributed by atoms with Crippen molar-refractivity contribution < 1.29 is 9.53 Å². The van der Waals surface area contributed by atoms with E-state index in [9.17, 15) is 4.79 Å². The minimum Gasteiger partial charge on any atom is -0.467 e. The van der Waals surface area contributed by atoms with Gasteiger partial charge in [0.1, 0.15) is 6.04 Å². The molecule has 0 spiro atoms. The molecule has 1 aromatic rings. The number of ether oxygens (including phenoxy) is 1. The monoisotopic (exact) mass is 221 g/mol. The van der Waals surface area contributed by atoms with E-state index < -0.39 is 0 Å². The highest BCUT2D eigenvalue weighted by atomic mass is 16.5. The first-order valence-electron chi connectivity index (χ1n) is 5.65. The van der Waals surface area contributed by atoms with Crippen LogP contribution in [0.2, 0.25) is 0 Å². The second-order valence-electron chi connectivity index (χ2n) is 3.64. The maximum atomic E-state index is 11.5. The lowest BCUT2D eigenvalue weighted by Crippen LogP contribution is -2.30. The van der Waals surface area contributed by atoms with E-state index in [1.165, 1.54) is 12.7 Å². The van der Waals surface area contributed by atoms with Crippen LogP contribution in [0.4, 0.5) is 5.69 Å². The number of nitrogens with one attached hydrogen (secondary N) is 1. The summed E-state index contributed by atoms with van der Waals surface area (Å²) in [7, 11) is 1.42. The van der Waals surface area contributed by atoms with Crippen molar-refractivity contribution in [3.8, 4) is 0 Å². The number of rotatable bonds is 5. The number of benzene rings is 1. The van der Waals surface area contributed by atoms with Crippen LogP contribution >= 0.6 is 0 Å². The fraction of sp³-hybridized carbons (Fsp3) is 0.462. The van der Waals surface area contributed by atoms with Gasteiger partial charge in [-0.3, -0.25) is 0 Å². The van der Waals surface area contributed by atoms with Crippen LogP contribution in [0.3, 0.4) is 0 Å². The van der Waals surface area contributed by atoms with Crippen LogP contribution in [-0.4, -0.2) is 19.1 Å². The van der Waals surface area contributed by atoms with E-state index in [0.717, 1.165) is 12.1 Å². The summed E-state index contributed by atoms with van der Waals surface area (Å²) in [6.07, 6.45) is 1.66. The van der Waals surface area contributed by atoms with Gasteiger partial charge in [0.05, 0.1) is 7.11 Å². The Labute approximate surface area is 96.8 Å². The summed E-state index contributed by atoms with van der Waals surface area (Å²) in [6.45, 7) is 4.06. The molecule has 1 unspecified atom stereocenters. The number of anilines is 1. The van der Waals surface area contributed by atoms with Gasteiger partial charge >= 0.3 is 5.97 Å². The Morgan fingerprint density at radius 2 is 2.06 bits per heavy atom. The number of hydrogen-bond acceptors (Lipinski definition) is 3. The van der Waals surface area contributed by atoms with Gasteiger partial charge in [0, 0.05) is 5.69 Å². The second kappa shape index (κ2) is 6.16. The molecule has 0 saturated heterocycles. The Morgan fingerprint density at radius 3 is 2.62 bits per heavy atom. The van der Waals surface area contributed by atoms with Crippen molar-refractivity contribution in [1.82, 2.24) is 0 Å². The first-order valence-corrected chi connectivity index (χ1v) is 5.65. The number of aryl methyl sites for hydroxylation is 1. The van der Waals surface area contributed by atoms with Crippen molar-refractivity contribution in [2.24, 2.45) is 0 Å². The van der Waals surface area contributed by atoms with Crippen LogP contribution in [-0.2, 0) is 16.0 Å². The van der Waals surface area contributed by atoms with E-state index in [1.807, 2.05) is 25.1 Å². The first-order chi connectivity index (χ1) is 7.72. The molecule has 16 heavy (non-hydrogen) atoms. The molecule has 0 aliphatic heterocycles. The lowest BCUT2D eigenvalue weighted by atomic mass is 10.1. The second-order valence-corrected chi connectivity index (χ2v) is 3.64. The molecular weight excluding hydrogens is 202 g/mol. The summed E-state index contributed by atoms with van der Waals surface area (Å²) in [5.41, 5.74) is 2.23. The zero-order valence-electron chi connectivity index (χ0n) is 10.1. The van der Waals surface area contributed by atoms with Crippen LogP contribution in [0.25, 0.3) is 0 Å². The molecule has 0 radical (unpaired) electrons. The number of esters is 1. The van der Waals surface area contributed by atoms with Crippen molar-refractivity contribution in [2.75, 3.05) is 12.4 Å². The normalized spacial score (nSPS) is 11.9. The van der Waals surface area contributed by atoms with Gasteiger partial charge in [0.2, 0.25) is 0 Å². The van der Waals surface area contributed by atoms with Gasteiger partial charge in [0.15, 0.2) is 0 Å². The van der Waals surface area contributed by atoms with Crippen molar-refractivity contribution in [2.45, 2.75) is 32.7 Å². The minimum absolute atomic E-state index is 0.214. The van der Waals surface area contributed by atoms with Gasteiger partial charge in [-0.15, -0.1) is 0 Å². The number of carbonyl (C=O) groups is 1. The van der Waals surface area contributed by atoms with E-state index in [1.54, 1.807) is 0 Å². The van der Waals surface area contributed by atoms with Crippen molar-refractivity contribution in [3.05, 3.63) is 29.8 Å². The Bertz CT molecular complexity index is 350. The molecule has 1 rings (SSSR count). The smallest absolute Gasteiger partial charge is 0.328 e. The third kappa shape index (κ3) is 2.99. The molecule has 0 fully saturated rings. The summed E-state index contributed by atoms with van der Waals surface area (Å²) >= 11 is 0. The van der Waals surface area contributed by atoms with Gasteiger partial charge < -0.3 is 10.1 Å². The van der Waals surface area contributed by atoms with Crippen molar-refractivity contribution in [1.29, 1.82) is 0 Å². The van der Waals surface area contributed by atoms with E-state index in [-0.39, 0.29) is 12.0 Å². The van der Waals surface area contributed by atoms with Gasteiger partial charge in [0.25, 0.3) is 0 Å². The molecule has 0 amide bonds. The van der Waals surface area contributed by atoms with Crippen LogP contribution in [0.15, 0.2) is 24.3 Å². The number of carbonyl (C=O) groups excluding carboxylic acids is 1. The van der Waals surface area contributed by atoms with Gasteiger partial charge in [-0.25, -0.2) is 4.79 Å². The summed E-state index contributed by atoms with van der Waals surface area (Å²) in [6, 6.07) is 7.75. The first kappa shape index (κ1) is 12.6. The van der Waals surface area contributed by atoms with Crippen LogP contribution < -0.4 is 5.32 Å². The van der Waals surface area contributed by atoms with Crippen LogP contribution in [0, 0.1) is 0 Å². The number of hydrogen-bond donors (Lipinski definition) is 1. The third-order valence-corrected chi connectivity index (χ3v) is 2.62. The molecule has 1 aromatic carbocycles.